The van der Waals surface area contributed by atoms with Crippen molar-refractivity contribution in [3.8, 4) is 0 Å². The summed E-state index contributed by atoms with van der Waals surface area (Å²) in [5.41, 5.74) is 11.1. The zero-order valence-electron chi connectivity index (χ0n) is 9.27. The summed E-state index contributed by atoms with van der Waals surface area (Å²) >= 11 is 0. The standard InChI is InChI=1S/C11H13N3O3/c1-6-3-2-4-7(5-6)11(17)14-8(9(12)15)10(13)16/h2-5,8H,1H3,(H2,12,15)(H2,13,16)(H,14,17). The first-order chi connectivity index (χ1) is 7.91. The van der Waals surface area contributed by atoms with Gasteiger partial charge < -0.3 is 16.8 Å². The Morgan fingerprint density at radius 2 is 1.76 bits per heavy atom. The lowest BCUT2D eigenvalue weighted by molar-refractivity contribution is -0.128. The molecule has 0 saturated heterocycles. The van der Waals surface area contributed by atoms with Crippen LogP contribution in [0.2, 0.25) is 0 Å². The van der Waals surface area contributed by atoms with Crippen molar-refractivity contribution in [2.75, 3.05) is 0 Å². The molecule has 1 aromatic rings. The van der Waals surface area contributed by atoms with Crippen LogP contribution in [0.1, 0.15) is 15.9 Å². The molecule has 0 aromatic heterocycles. The minimum atomic E-state index is -1.50. The molecule has 90 valence electrons. The number of carbonyl (C=O) groups excluding carboxylic acids is 3. The minimum absolute atomic E-state index is 0.331. The van der Waals surface area contributed by atoms with Gasteiger partial charge in [-0.05, 0) is 19.1 Å². The number of aryl methyl sites for hydroxylation is 1. The van der Waals surface area contributed by atoms with Crippen LogP contribution in [0, 0.1) is 6.92 Å². The Morgan fingerprint density at radius 1 is 1.18 bits per heavy atom. The van der Waals surface area contributed by atoms with Gasteiger partial charge in [-0.25, -0.2) is 0 Å². The van der Waals surface area contributed by atoms with Crippen LogP contribution in [0.25, 0.3) is 0 Å². The van der Waals surface area contributed by atoms with Crippen molar-refractivity contribution in [2.45, 2.75) is 13.0 Å². The molecule has 5 N–H and O–H groups in total. The van der Waals surface area contributed by atoms with E-state index in [0.717, 1.165) is 5.56 Å². The topological polar surface area (TPSA) is 115 Å². The largest absolute Gasteiger partial charge is 0.367 e. The zero-order chi connectivity index (χ0) is 13.0. The molecule has 0 radical (unpaired) electrons. The van der Waals surface area contributed by atoms with Crippen molar-refractivity contribution in [1.82, 2.24) is 5.32 Å². The fraction of sp³-hybridized carbons (Fsp3) is 0.182. The molecule has 0 atom stereocenters. The Morgan fingerprint density at radius 3 is 2.24 bits per heavy atom. The number of hydrogen-bond acceptors (Lipinski definition) is 3. The number of rotatable bonds is 4. The van der Waals surface area contributed by atoms with Crippen molar-refractivity contribution in [2.24, 2.45) is 11.5 Å². The molecule has 17 heavy (non-hydrogen) atoms. The molecular weight excluding hydrogens is 222 g/mol. The van der Waals surface area contributed by atoms with Crippen molar-refractivity contribution in [3.05, 3.63) is 35.4 Å². The van der Waals surface area contributed by atoms with E-state index < -0.39 is 23.8 Å². The zero-order valence-corrected chi connectivity index (χ0v) is 9.27. The predicted molar refractivity (Wildman–Crippen MR) is 60.8 cm³/mol. The van der Waals surface area contributed by atoms with Gasteiger partial charge in [0.2, 0.25) is 11.8 Å². The second kappa shape index (κ2) is 5.11. The van der Waals surface area contributed by atoms with Crippen LogP contribution in [0.4, 0.5) is 0 Å². The number of nitrogens with two attached hydrogens (primary N) is 2. The van der Waals surface area contributed by atoms with Crippen molar-refractivity contribution in [3.63, 3.8) is 0 Å². The Kier molecular flexibility index (Phi) is 3.82. The van der Waals surface area contributed by atoms with Crippen LogP contribution in [0.3, 0.4) is 0 Å². The number of carbonyl (C=O) groups is 3. The number of amides is 3. The van der Waals surface area contributed by atoms with Crippen molar-refractivity contribution in [1.29, 1.82) is 0 Å². The van der Waals surface area contributed by atoms with E-state index in [4.69, 9.17) is 11.5 Å². The number of primary amides is 2. The van der Waals surface area contributed by atoms with E-state index in [1.54, 1.807) is 18.2 Å². The van der Waals surface area contributed by atoms with Crippen LogP contribution < -0.4 is 16.8 Å². The van der Waals surface area contributed by atoms with Crippen LogP contribution in [0.15, 0.2) is 24.3 Å². The third-order valence-corrected chi connectivity index (χ3v) is 2.12. The van der Waals surface area contributed by atoms with Gasteiger partial charge in [-0.1, -0.05) is 17.7 Å². The van der Waals surface area contributed by atoms with Gasteiger partial charge in [0.05, 0.1) is 0 Å². The molecule has 0 heterocycles. The first-order valence-corrected chi connectivity index (χ1v) is 4.88. The van der Waals surface area contributed by atoms with Gasteiger partial charge in [0, 0.05) is 5.56 Å². The van der Waals surface area contributed by atoms with E-state index >= 15 is 0 Å². The summed E-state index contributed by atoms with van der Waals surface area (Å²) in [5, 5.41) is 2.17. The normalized spacial score (nSPS) is 10.0. The minimum Gasteiger partial charge on any atom is -0.367 e. The fourth-order valence-corrected chi connectivity index (χ4v) is 1.28. The number of nitrogens with one attached hydrogen (secondary N) is 1. The highest BCUT2D eigenvalue weighted by molar-refractivity contribution is 6.08. The Hall–Kier alpha value is -2.37. The second-order valence-corrected chi connectivity index (χ2v) is 3.58. The monoisotopic (exact) mass is 235 g/mol. The van der Waals surface area contributed by atoms with Crippen LogP contribution >= 0.6 is 0 Å². The van der Waals surface area contributed by atoms with E-state index in [9.17, 15) is 14.4 Å². The molecule has 0 spiro atoms. The number of hydrogen-bond donors (Lipinski definition) is 3. The quantitative estimate of drug-likeness (QED) is 0.585. The molecule has 6 nitrogen and oxygen atoms in total. The van der Waals surface area contributed by atoms with Gasteiger partial charge in [-0.15, -0.1) is 0 Å². The highest BCUT2D eigenvalue weighted by atomic mass is 16.2. The maximum absolute atomic E-state index is 11.7. The molecule has 6 heteroatoms. The molecule has 0 aliphatic heterocycles. The molecule has 1 aromatic carbocycles. The lowest BCUT2D eigenvalue weighted by Crippen LogP contribution is -2.52. The van der Waals surface area contributed by atoms with Crippen LogP contribution in [-0.2, 0) is 9.59 Å². The highest BCUT2D eigenvalue weighted by Crippen LogP contribution is 2.03. The summed E-state index contributed by atoms with van der Waals surface area (Å²) in [6, 6.07) is 5.18. The summed E-state index contributed by atoms with van der Waals surface area (Å²) in [6.45, 7) is 1.82. The fourth-order valence-electron chi connectivity index (χ4n) is 1.28. The molecule has 0 saturated carbocycles. The van der Waals surface area contributed by atoms with Gasteiger partial charge in [0.1, 0.15) is 0 Å². The predicted octanol–water partition coefficient (Wildman–Crippen LogP) is -0.936. The molecule has 0 aliphatic carbocycles. The summed E-state index contributed by atoms with van der Waals surface area (Å²) in [4.78, 5) is 33.5. The van der Waals surface area contributed by atoms with E-state index in [0.29, 0.717) is 5.56 Å². The molecule has 0 fully saturated rings. The summed E-state index contributed by atoms with van der Waals surface area (Å²) in [5.74, 6) is -2.55. The Balaban J connectivity index is 2.85. The molecule has 3 amide bonds. The summed E-state index contributed by atoms with van der Waals surface area (Å²) in [7, 11) is 0. The van der Waals surface area contributed by atoms with Gasteiger partial charge in [0.25, 0.3) is 5.91 Å². The van der Waals surface area contributed by atoms with Gasteiger partial charge in [0.15, 0.2) is 6.04 Å². The third kappa shape index (κ3) is 3.30. The van der Waals surface area contributed by atoms with Crippen molar-refractivity contribution < 1.29 is 14.4 Å². The van der Waals surface area contributed by atoms with Gasteiger partial charge >= 0.3 is 0 Å². The first kappa shape index (κ1) is 12.7. The highest BCUT2D eigenvalue weighted by Gasteiger charge is 2.24. The van der Waals surface area contributed by atoms with E-state index in [2.05, 4.69) is 5.32 Å². The van der Waals surface area contributed by atoms with Gasteiger partial charge in [-0.2, -0.15) is 0 Å². The maximum atomic E-state index is 11.7. The van der Waals surface area contributed by atoms with E-state index in [1.165, 1.54) is 0 Å². The molecule has 0 unspecified atom stereocenters. The molecular formula is C11H13N3O3. The molecule has 0 bridgehead atoms. The molecule has 0 aliphatic rings. The van der Waals surface area contributed by atoms with Crippen LogP contribution in [-0.4, -0.2) is 23.8 Å². The van der Waals surface area contributed by atoms with Gasteiger partial charge in [-0.3, -0.25) is 14.4 Å². The summed E-state index contributed by atoms with van der Waals surface area (Å²) < 4.78 is 0. The van der Waals surface area contributed by atoms with Crippen LogP contribution in [0.5, 0.6) is 0 Å². The number of benzene rings is 1. The lowest BCUT2D eigenvalue weighted by Gasteiger charge is -2.11. The summed E-state index contributed by atoms with van der Waals surface area (Å²) in [6.07, 6.45) is 0. The second-order valence-electron chi connectivity index (χ2n) is 3.58. The lowest BCUT2D eigenvalue weighted by atomic mass is 10.1. The SMILES string of the molecule is Cc1cccc(C(=O)NC(C(N)=O)C(N)=O)c1. The Labute approximate surface area is 98.0 Å². The average Bonchev–Trinajstić information content (AvgIpc) is 2.24. The van der Waals surface area contributed by atoms with E-state index in [1.807, 2.05) is 13.0 Å². The Bertz CT molecular complexity index is 457. The van der Waals surface area contributed by atoms with Crippen molar-refractivity contribution >= 4 is 17.7 Å². The first-order valence-electron chi connectivity index (χ1n) is 4.88. The smallest absolute Gasteiger partial charge is 0.252 e. The third-order valence-electron chi connectivity index (χ3n) is 2.12. The maximum Gasteiger partial charge on any atom is 0.252 e. The molecule has 1 rings (SSSR count). The average molecular weight is 235 g/mol. The van der Waals surface area contributed by atoms with E-state index in [-0.39, 0.29) is 0 Å².